The van der Waals surface area contributed by atoms with Crippen LogP contribution in [0.25, 0.3) is 0 Å². The van der Waals surface area contributed by atoms with E-state index in [1.165, 1.54) is 11.3 Å². The number of piperidine rings is 1. The minimum atomic E-state index is -0.0510. The van der Waals surface area contributed by atoms with E-state index in [2.05, 4.69) is 25.9 Å². The predicted octanol–water partition coefficient (Wildman–Crippen LogP) is 0.817. The average molecular weight is 269 g/mol. The number of hydrogen-bond acceptors (Lipinski definition) is 6. The number of nitrogens with one attached hydrogen (secondary N) is 2. The molecule has 1 fully saturated rings. The van der Waals surface area contributed by atoms with Gasteiger partial charge in [0, 0.05) is 36.0 Å². The van der Waals surface area contributed by atoms with Crippen LogP contribution in [0.5, 0.6) is 0 Å². The Balaban J connectivity index is 1.71. The maximum atomic E-state index is 11.7. The number of anilines is 1. The Morgan fingerprint density at radius 3 is 2.94 bits per heavy atom. The third kappa shape index (κ3) is 3.74. The lowest BCUT2D eigenvalue weighted by Crippen LogP contribution is -2.43. The van der Waals surface area contributed by atoms with Crippen LogP contribution in [0, 0.1) is 4.91 Å². The third-order valence-electron chi connectivity index (χ3n) is 2.87. The van der Waals surface area contributed by atoms with Crippen LogP contribution in [0.15, 0.2) is 16.9 Å². The highest BCUT2D eigenvalue weighted by Crippen LogP contribution is 2.12. The zero-order valence-corrected chi connectivity index (χ0v) is 10.7. The van der Waals surface area contributed by atoms with Crippen molar-refractivity contribution < 1.29 is 4.79 Å². The molecule has 8 heteroatoms. The van der Waals surface area contributed by atoms with Gasteiger partial charge in [0.25, 0.3) is 0 Å². The fourth-order valence-corrected chi connectivity index (χ4v) is 2.49. The van der Waals surface area contributed by atoms with Gasteiger partial charge >= 0.3 is 0 Å². The Bertz CT molecular complexity index is 389. The number of amides is 1. The van der Waals surface area contributed by atoms with Crippen molar-refractivity contribution in [2.45, 2.75) is 18.9 Å². The summed E-state index contributed by atoms with van der Waals surface area (Å²) in [6.07, 6.45) is 3.32. The van der Waals surface area contributed by atoms with Crippen LogP contribution < -0.4 is 10.7 Å². The van der Waals surface area contributed by atoms with Crippen LogP contribution in [-0.2, 0) is 4.79 Å². The first kappa shape index (κ1) is 12.9. The van der Waals surface area contributed by atoms with E-state index in [0.717, 1.165) is 25.9 Å². The van der Waals surface area contributed by atoms with Gasteiger partial charge in [0.15, 0.2) is 5.13 Å². The van der Waals surface area contributed by atoms with Crippen LogP contribution in [0.3, 0.4) is 0 Å². The lowest BCUT2D eigenvalue weighted by Gasteiger charge is -2.30. The summed E-state index contributed by atoms with van der Waals surface area (Å²) >= 11 is 1.40. The highest BCUT2D eigenvalue weighted by atomic mass is 32.1. The maximum absolute atomic E-state index is 11.7. The average Bonchev–Trinajstić information content (AvgIpc) is 2.84. The molecule has 2 N–H and O–H groups in total. The summed E-state index contributed by atoms with van der Waals surface area (Å²) in [5.41, 5.74) is 2.53. The second-order valence-electron chi connectivity index (χ2n) is 4.16. The summed E-state index contributed by atoms with van der Waals surface area (Å²) in [7, 11) is 0. The van der Waals surface area contributed by atoms with E-state index in [-0.39, 0.29) is 11.9 Å². The predicted molar refractivity (Wildman–Crippen MR) is 69.1 cm³/mol. The number of nitroso groups, excluding NO2 is 1. The fourth-order valence-electron chi connectivity index (χ4n) is 1.94. The molecule has 1 saturated heterocycles. The molecule has 0 aromatic carbocycles. The number of likely N-dealkylation sites (tertiary alicyclic amines) is 1. The Morgan fingerprint density at radius 2 is 2.33 bits per heavy atom. The van der Waals surface area contributed by atoms with E-state index in [1.54, 1.807) is 6.20 Å². The molecule has 0 saturated carbocycles. The van der Waals surface area contributed by atoms with Crippen molar-refractivity contribution in [1.82, 2.24) is 15.3 Å². The number of hydrogen-bond donors (Lipinski definition) is 2. The van der Waals surface area contributed by atoms with Gasteiger partial charge in [-0.3, -0.25) is 15.1 Å². The van der Waals surface area contributed by atoms with Gasteiger partial charge in [-0.25, -0.2) is 4.98 Å². The van der Waals surface area contributed by atoms with Crippen molar-refractivity contribution in [3.05, 3.63) is 16.5 Å². The lowest BCUT2D eigenvalue weighted by atomic mass is 10.1. The number of carbonyl (C=O) groups excluding carboxylic acids is 1. The van der Waals surface area contributed by atoms with E-state index < -0.39 is 0 Å². The minimum absolute atomic E-state index is 0.0510. The molecule has 98 valence electrons. The van der Waals surface area contributed by atoms with Gasteiger partial charge in [0.05, 0.1) is 6.54 Å². The Kier molecular flexibility index (Phi) is 4.59. The summed E-state index contributed by atoms with van der Waals surface area (Å²) in [6.45, 7) is 1.94. The zero-order chi connectivity index (χ0) is 12.8. The van der Waals surface area contributed by atoms with Crippen molar-refractivity contribution in [1.29, 1.82) is 0 Å². The third-order valence-corrected chi connectivity index (χ3v) is 3.56. The number of rotatable bonds is 5. The van der Waals surface area contributed by atoms with Gasteiger partial charge in [0.2, 0.25) is 5.91 Å². The first-order valence-electron chi connectivity index (χ1n) is 5.77. The molecule has 1 amide bonds. The van der Waals surface area contributed by atoms with Gasteiger partial charge in [-0.05, 0) is 12.8 Å². The lowest BCUT2D eigenvalue weighted by molar-refractivity contribution is -0.117. The van der Waals surface area contributed by atoms with Gasteiger partial charge < -0.3 is 5.32 Å². The summed E-state index contributed by atoms with van der Waals surface area (Å²) in [6, 6.07) is 0.140. The molecule has 1 aliphatic rings. The summed E-state index contributed by atoms with van der Waals surface area (Å²) in [5, 5.41) is 7.88. The molecule has 1 aliphatic heterocycles. The Morgan fingerprint density at radius 1 is 1.56 bits per heavy atom. The van der Waals surface area contributed by atoms with Crippen molar-refractivity contribution >= 4 is 22.4 Å². The number of carbonyl (C=O) groups is 1. The van der Waals surface area contributed by atoms with E-state index >= 15 is 0 Å². The van der Waals surface area contributed by atoms with Crippen LogP contribution in [0.1, 0.15) is 12.8 Å². The largest absolute Gasteiger partial charge is 0.301 e. The first-order valence-corrected chi connectivity index (χ1v) is 6.65. The van der Waals surface area contributed by atoms with Crippen LogP contribution in [-0.4, -0.2) is 41.5 Å². The first-order chi connectivity index (χ1) is 8.78. The highest BCUT2D eigenvalue weighted by Gasteiger charge is 2.20. The molecule has 0 atom stereocenters. The molecule has 0 aliphatic carbocycles. The van der Waals surface area contributed by atoms with Crippen LogP contribution >= 0.6 is 11.3 Å². The van der Waals surface area contributed by atoms with E-state index in [9.17, 15) is 9.70 Å². The molecule has 0 radical (unpaired) electrons. The Hall–Kier alpha value is -1.54. The molecule has 2 heterocycles. The second-order valence-corrected chi connectivity index (χ2v) is 5.05. The van der Waals surface area contributed by atoms with Crippen molar-refractivity contribution in [3.63, 3.8) is 0 Å². The minimum Gasteiger partial charge on any atom is -0.301 e. The van der Waals surface area contributed by atoms with E-state index in [1.807, 2.05) is 5.38 Å². The highest BCUT2D eigenvalue weighted by molar-refractivity contribution is 7.13. The number of aromatic nitrogens is 1. The normalized spacial score (nSPS) is 17.3. The summed E-state index contributed by atoms with van der Waals surface area (Å²) in [5.74, 6) is -0.0510. The molecule has 0 unspecified atom stereocenters. The maximum Gasteiger partial charge on any atom is 0.240 e. The molecule has 1 aromatic heterocycles. The molecule has 1 aromatic rings. The smallest absolute Gasteiger partial charge is 0.240 e. The molecular weight excluding hydrogens is 254 g/mol. The van der Waals surface area contributed by atoms with Crippen molar-refractivity contribution in [2.75, 3.05) is 25.0 Å². The molecule has 0 bridgehead atoms. The van der Waals surface area contributed by atoms with Crippen molar-refractivity contribution in [3.8, 4) is 0 Å². The number of nitrogens with zero attached hydrogens (tertiary/aromatic N) is 3. The van der Waals surface area contributed by atoms with E-state index in [4.69, 9.17) is 0 Å². The quantitative estimate of drug-likeness (QED) is 0.610. The SMILES string of the molecule is O=NNC1CCN(CC(=O)Nc2nccs2)CC1. The fraction of sp³-hybridized carbons (Fsp3) is 0.600. The van der Waals surface area contributed by atoms with Crippen molar-refractivity contribution in [2.24, 2.45) is 5.29 Å². The van der Waals surface area contributed by atoms with Gasteiger partial charge in [-0.15, -0.1) is 16.2 Å². The molecular formula is C10H15N5O2S. The molecule has 0 spiro atoms. The number of thiazole rings is 1. The van der Waals surface area contributed by atoms with Gasteiger partial charge in [0.1, 0.15) is 0 Å². The molecule has 18 heavy (non-hydrogen) atoms. The topological polar surface area (TPSA) is 86.7 Å². The zero-order valence-electron chi connectivity index (χ0n) is 9.83. The van der Waals surface area contributed by atoms with Gasteiger partial charge in [-0.1, -0.05) is 0 Å². The van der Waals surface area contributed by atoms with Gasteiger partial charge in [-0.2, -0.15) is 0 Å². The Labute approximate surface area is 109 Å². The molecule has 2 rings (SSSR count). The summed E-state index contributed by atoms with van der Waals surface area (Å²) < 4.78 is 0. The van der Waals surface area contributed by atoms with Crippen LogP contribution in [0.2, 0.25) is 0 Å². The van der Waals surface area contributed by atoms with Crippen LogP contribution in [0.4, 0.5) is 5.13 Å². The summed E-state index contributed by atoms with van der Waals surface area (Å²) in [4.78, 5) is 27.8. The monoisotopic (exact) mass is 269 g/mol. The standard InChI is InChI=1S/C10H15N5O2S/c16-9(12-10-11-3-6-18-10)7-15-4-1-8(2-5-15)13-14-17/h3,6,8H,1-2,4-5,7H2,(H,13,17)(H,11,12,16). The second kappa shape index (κ2) is 6.41. The molecule has 7 nitrogen and oxygen atoms in total. The van der Waals surface area contributed by atoms with E-state index in [0.29, 0.717) is 11.7 Å².